The zero-order valence-corrected chi connectivity index (χ0v) is 24.1. The second kappa shape index (κ2) is 9.42. The third kappa shape index (κ3) is 4.01. The molecule has 4 aromatic rings. The van der Waals surface area contributed by atoms with Crippen LogP contribution in [-0.4, -0.2) is 36.0 Å². The van der Waals surface area contributed by atoms with Crippen LogP contribution in [0.1, 0.15) is 53.7 Å². The van der Waals surface area contributed by atoms with E-state index in [1.165, 1.54) is 10.7 Å². The lowest BCUT2D eigenvalue weighted by molar-refractivity contribution is -0.118. The maximum absolute atomic E-state index is 15.4. The highest BCUT2D eigenvalue weighted by atomic mass is 35.5. The van der Waals surface area contributed by atoms with Crippen molar-refractivity contribution < 1.29 is 9.18 Å². The van der Waals surface area contributed by atoms with Crippen LogP contribution in [0.4, 0.5) is 4.39 Å². The standard InChI is InChI=1S/C30H20Cl3FN6O2/c31-14-2-6-24(39-12-25(32)37-38-39)21(8-14)22-11-26(42)40-28(18-9-20(18)30(40)36-22)23-10-19(29(34)35-23)17-4-1-13-7-15(41)3-5-16(13)27(17)33/h1-2,4,6,8,11-12,18,20,28H,3,5,7,9-10H2/t18-,20+,28-/m0/s1. The van der Waals surface area contributed by atoms with Crippen LogP contribution in [0.3, 0.4) is 0 Å². The van der Waals surface area contributed by atoms with Gasteiger partial charge in [-0.05, 0) is 48.1 Å². The molecule has 2 aliphatic carbocycles. The van der Waals surface area contributed by atoms with Gasteiger partial charge in [0.2, 0.25) is 5.95 Å². The van der Waals surface area contributed by atoms with E-state index in [1.807, 2.05) is 6.07 Å². The second-order valence-electron chi connectivity index (χ2n) is 11.1. The average Bonchev–Trinajstić information content (AvgIpc) is 3.28. The van der Waals surface area contributed by atoms with Crippen LogP contribution in [0.15, 0.2) is 58.3 Å². The molecule has 1 saturated carbocycles. The predicted molar refractivity (Wildman–Crippen MR) is 157 cm³/mol. The van der Waals surface area contributed by atoms with Crippen molar-refractivity contribution in [2.24, 2.45) is 10.9 Å². The number of aliphatic imine (C=N–C) groups is 1. The maximum atomic E-state index is 15.4. The number of rotatable bonds is 4. The van der Waals surface area contributed by atoms with Gasteiger partial charge in [0, 0.05) is 58.7 Å². The Morgan fingerprint density at radius 1 is 0.976 bits per heavy atom. The van der Waals surface area contributed by atoms with Crippen molar-refractivity contribution in [2.45, 2.75) is 44.1 Å². The number of hydrogen-bond donors (Lipinski definition) is 0. The smallest absolute Gasteiger partial charge is 0.254 e. The fraction of sp³-hybridized carbons (Fsp3) is 0.267. The quantitative estimate of drug-likeness (QED) is 0.248. The molecule has 0 saturated heterocycles. The molecule has 0 amide bonds. The molecule has 0 N–H and O–H groups in total. The number of halogens is 4. The summed E-state index contributed by atoms with van der Waals surface area (Å²) in [5.41, 5.74) is 4.84. The number of hydrogen-bond acceptors (Lipinski definition) is 6. The number of allylic oxidation sites excluding steroid dienone is 1. The molecule has 12 heteroatoms. The molecule has 210 valence electrons. The highest BCUT2D eigenvalue weighted by molar-refractivity contribution is 6.33. The summed E-state index contributed by atoms with van der Waals surface area (Å²) in [5.74, 6) is 0.439. The highest BCUT2D eigenvalue weighted by Gasteiger charge is 2.56. The lowest BCUT2D eigenvalue weighted by atomic mass is 9.87. The molecule has 4 aliphatic rings. The zero-order chi connectivity index (χ0) is 28.9. The SMILES string of the molecule is O=C1CCc2c(ccc(C3=C(F)N=C([C@@H]4[C@H]5C[C@H]5c5nc(-c6cc(Cl)ccc6-n6cc(Cl)nn6)cc(=O)n54)C3)c2Cl)C1. The topological polar surface area (TPSA) is 95.0 Å². The van der Waals surface area contributed by atoms with Gasteiger partial charge >= 0.3 is 0 Å². The summed E-state index contributed by atoms with van der Waals surface area (Å²) < 4.78 is 18.6. The first-order valence-electron chi connectivity index (χ1n) is 13.6. The zero-order valence-electron chi connectivity index (χ0n) is 21.8. The number of ketones is 1. The number of carbonyl (C=O) groups is 1. The molecule has 42 heavy (non-hydrogen) atoms. The molecule has 2 aromatic carbocycles. The van der Waals surface area contributed by atoms with Gasteiger partial charge in [-0.25, -0.2) is 14.7 Å². The molecular formula is C30H20Cl3FN6O2. The van der Waals surface area contributed by atoms with E-state index in [2.05, 4.69) is 15.3 Å². The fourth-order valence-corrected chi connectivity index (χ4v) is 7.36. The van der Waals surface area contributed by atoms with Crippen molar-refractivity contribution in [1.82, 2.24) is 24.5 Å². The number of Topliss-reactive ketones (excluding diaryl/α,β-unsaturated/α-hetero) is 1. The van der Waals surface area contributed by atoms with E-state index >= 15 is 4.39 Å². The van der Waals surface area contributed by atoms with Gasteiger partial charge in [0.25, 0.3) is 5.56 Å². The molecule has 4 heterocycles. The second-order valence-corrected chi connectivity index (χ2v) is 12.3. The lowest BCUT2D eigenvalue weighted by Crippen LogP contribution is -2.30. The molecule has 2 aliphatic heterocycles. The Hall–Kier alpha value is -3.66. The van der Waals surface area contributed by atoms with Gasteiger partial charge in [-0.3, -0.25) is 14.2 Å². The number of carbonyl (C=O) groups excluding carboxylic acids is 1. The van der Waals surface area contributed by atoms with Crippen molar-refractivity contribution in [2.75, 3.05) is 0 Å². The van der Waals surface area contributed by atoms with Gasteiger partial charge in [-0.1, -0.05) is 52.1 Å². The van der Waals surface area contributed by atoms with Crippen molar-refractivity contribution in [3.8, 4) is 16.9 Å². The molecule has 0 unspecified atom stereocenters. The van der Waals surface area contributed by atoms with Gasteiger partial charge in [0.15, 0.2) is 5.15 Å². The first-order chi connectivity index (χ1) is 20.3. The summed E-state index contributed by atoms with van der Waals surface area (Å²) in [6, 6.07) is 9.94. The van der Waals surface area contributed by atoms with Crippen LogP contribution >= 0.6 is 34.8 Å². The molecule has 8 rings (SSSR count). The van der Waals surface area contributed by atoms with E-state index in [0.29, 0.717) is 68.9 Å². The minimum atomic E-state index is -0.586. The van der Waals surface area contributed by atoms with E-state index < -0.39 is 5.95 Å². The normalized spacial score (nSPS) is 22.2. The summed E-state index contributed by atoms with van der Waals surface area (Å²) in [5, 5.41) is 9.09. The molecule has 0 bridgehead atoms. The van der Waals surface area contributed by atoms with Gasteiger partial charge in [-0.15, -0.1) is 5.10 Å². The Labute approximate surface area is 253 Å². The third-order valence-corrected chi connectivity index (χ3v) is 9.52. The van der Waals surface area contributed by atoms with Crippen molar-refractivity contribution in [3.63, 3.8) is 0 Å². The highest BCUT2D eigenvalue weighted by Crippen LogP contribution is 2.60. The minimum absolute atomic E-state index is 0.0748. The summed E-state index contributed by atoms with van der Waals surface area (Å²) in [4.78, 5) is 34.8. The first kappa shape index (κ1) is 26.0. The maximum Gasteiger partial charge on any atom is 0.254 e. The number of fused-ring (bicyclic) bond motifs is 4. The van der Waals surface area contributed by atoms with Gasteiger partial charge in [-0.2, -0.15) is 4.39 Å². The predicted octanol–water partition coefficient (Wildman–Crippen LogP) is 6.35. The molecule has 1 fully saturated rings. The van der Waals surface area contributed by atoms with Crippen LogP contribution in [0.2, 0.25) is 15.2 Å². The monoisotopic (exact) mass is 620 g/mol. The minimum Gasteiger partial charge on any atom is -0.299 e. The van der Waals surface area contributed by atoms with E-state index in [-0.39, 0.29) is 40.8 Å². The largest absolute Gasteiger partial charge is 0.299 e. The van der Waals surface area contributed by atoms with Crippen molar-refractivity contribution in [1.29, 1.82) is 0 Å². The first-order valence-corrected chi connectivity index (χ1v) is 14.7. The Balaban J connectivity index is 1.14. The summed E-state index contributed by atoms with van der Waals surface area (Å²) >= 11 is 19.1. The van der Waals surface area contributed by atoms with Gasteiger partial charge in [0.05, 0.1) is 28.6 Å². The van der Waals surface area contributed by atoms with E-state index in [9.17, 15) is 9.59 Å². The van der Waals surface area contributed by atoms with Gasteiger partial charge < -0.3 is 0 Å². The molecule has 3 atom stereocenters. The molecule has 2 aromatic heterocycles. The molecule has 8 nitrogen and oxygen atoms in total. The van der Waals surface area contributed by atoms with E-state index in [4.69, 9.17) is 39.8 Å². The van der Waals surface area contributed by atoms with E-state index in [1.54, 1.807) is 35.0 Å². The number of nitrogens with zero attached hydrogens (tertiary/aromatic N) is 6. The van der Waals surface area contributed by atoms with Crippen LogP contribution in [0.25, 0.3) is 22.5 Å². The van der Waals surface area contributed by atoms with Gasteiger partial charge in [0.1, 0.15) is 11.6 Å². The number of benzene rings is 2. The summed E-state index contributed by atoms with van der Waals surface area (Å²) in [6.45, 7) is 0. The summed E-state index contributed by atoms with van der Waals surface area (Å²) in [7, 11) is 0. The molecular weight excluding hydrogens is 602 g/mol. The Bertz CT molecular complexity index is 2000. The van der Waals surface area contributed by atoms with Crippen LogP contribution < -0.4 is 5.56 Å². The van der Waals surface area contributed by atoms with Crippen LogP contribution in [-0.2, 0) is 17.6 Å². The average molecular weight is 622 g/mol. The lowest BCUT2D eigenvalue weighted by Gasteiger charge is -2.20. The van der Waals surface area contributed by atoms with Crippen molar-refractivity contribution >= 4 is 51.9 Å². The number of aromatic nitrogens is 5. The molecule has 0 spiro atoms. The van der Waals surface area contributed by atoms with Crippen molar-refractivity contribution in [3.05, 3.63) is 96.6 Å². The van der Waals surface area contributed by atoms with E-state index in [0.717, 1.165) is 17.5 Å². The van der Waals surface area contributed by atoms with Crippen LogP contribution in [0.5, 0.6) is 0 Å². The Morgan fingerprint density at radius 3 is 2.64 bits per heavy atom. The Kier molecular flexibility index (Phi) is 5.83. The third-order valence-electron chi connectivity index (χ3n) is 8.68. The fourth-order valence-electron chi connectivity index (χ4n) is 6.67. The Morgan fingerprint density at radius 2 is 1.83 bits per heavy atom. The van der Waals surface area contributed by atoms with Crippen LogP contribution in [0, 0.1) is 5.92 Å². The molecule has 0 radical (unpaired) electrons. The summed E-state index contributed by atoms with van der Waals surface area (Å²) in [6.07, 6.45) is 3.98.